The lowest BCUT2D eigenvalue weighted by molar-refractivity contribution is -0.146. The first-order valence-electron chi connectivity index (χ1n) is 8.84. The van der Waals surface area contributed by atoms with Crippen LogP contribution in [0, 0.1) is 0 Å². The van der Waals surface area contributed by atoms with E-state index in [2.05, 4.69) is 17.1 Å². The number of hydrogen-bond donors (Lipinski definition) is 1. The van der Waals surface area contributed by atoms with Crippen LogP contribution in [-0.4, -0.2) is 45.9 Å². The maximum atomic E-state index is 11.1. The van der Waals surface area contributed by atoms with Gasteiger partial charge in [-0.2, -0.15) is 0 Å². The third kappa shape index (κ3) is 4.00. The van der Waals surface area contributed by atoms with Crippen LogP contribution in [-0.2, 0) is 29.2 Å². The van der Waals surface area contributed by atoms with Gasteiger partial charge in [0.2, 0.25) is 0 Å². The van der Waals surface area contributed by atoms with Gasteiger partial charge in [0.05, 0.1) is 12.3 Å². The number of aryl methyl sites for hydroxylation is 1. The number of aldehydes is 1. The van der Waals surface area contributed by atoms with Crippen LogP contribution in [0.1, 0.15) is 43.2 Å². The van der Waals surface area contributed by atoms with E-state index in [1.807, 2.05) is 17.3 Å². The van der Waals surface area contributed by atoms with Crippen molar-refractivity contribution in [2.24, 2.45) is 0 Å². The Labute approximate surface area is 147 Å². The van der Waals surface area contributed by atoms with Crippen LogP contribution < -0.4 is 0 Å². The molecule has 0 aliphatic carbocycles. The third-order valence-corrected chi connectivity index (χ3v) is 4.55. The van der Waals surface area contributed by atoms with Crippen LogP contribution >= 0.6 is 0 Å². The highest BCUT2D eigenvalue weighted by Gasteiger charge is 2.28. The minimum absolute atomic E-state index is 0.191. The zero-order chi connectivity index (χ0) is 17.6. The fourth-order valence-electron chi connectivity index (χ4n) is 2.90. The molecule has 0 saturated carbocycles. The van der Waals surface area contributed by atoms with Crippen molar-refractivity contribution in [3.8, 4) is 0 Å². The Morgan fingerprint density at radius 2 is 2.32 bits per heavy atom. The Morgan fingerprint density at radius 3 is 2.96 bits per heavy atom. The predicted octanol–water partition coefficient (Wildman–Crippen LogP) is 1.93. The summed E-state index contributed by atoms with van der Waals surface area (Å²) in [4.78, 5) is 11.1. The summed E-state index contributed by atoms with van der Waals surface area (Å²) in [6, 6.07) is 0. The van der Waals surface area contributed by atoms with Crippen LogP contribution in [0.5, 0.6) is 0 Å². The van der Waals surface area contributed by atoms with Crippen LogP contribution in [0.4, 0.5) is 0 Å². The molecule has 1 N–H and O–H groups in total. The molecule has 7 heteroatoms. The summed E-state index contributed by atoms with van der Waals surface area (Å²) < 4.78 is 11.3. The van der Waals surface area contributed by atoms with Gasteiger partial charge >= 0.3 is 0 Å². The maximum Gasteiger partial charge on any atom is 0.167 e. The molecule has 0 radical (unpaired) electrons. The highest BCUT2D eigenvalue weighted by molar-refractivity contribution is 5.77. The van der Waals surface area contributed by atoms with Gasteiger partial charge in [-0.25, -0.2) is 5.01 Å². The van der Waals surface area contributed by atoms with E-state index in [9.17, 15) is 9.90 Å². The highest BCUT2D eigenvalue weighted by atomic mass is 16.5. The van der Waals surface area contributed by atoms with Gasteiger partial charge in [0.25, 0.3) is 0 Å². The number of aliphatic hydroxyl groups is 1. The number of carbonyl (C=O) groups is 1. The molecule has 1 aromatic rings. The molecule has 25 heavy (non-hydrogen) atoms. The lowest BCUT2D eigenvalue weighted by atomic mass is 10.1. The molecule has 0 bridgehead atoms. The smallest absolute Gasteiger partial charge is 0.167 e. The lowest BCUT2D eigenvalue weighted by Gasteiger charge is -2.44. The molecular weight excluding hydrogens is 322 g/mol. The van der Waals surface area contributed by atoms with E-state index < -0.39 is 0 Å². The van der Waals surface area contributed by atoms with Crippen molar-refractivity contribution >= 4 is 6.29 Å². The number of aliphatic hydroxyl groups excluding tert-OH is 1. The Kier molecular flexibility index (Phi) is 6.01. The number of rotatable bonds is 9. The van der Waals surface area contributed by atoms with Crippen molar-refractivity contribution in [2.45, 2.75) is 52.0 Å². The minimum atomic E-state index is -0.288. The molecule has 0 amide bonds. The number of hydrazine groups is 1. The summed E-state index contributed by atoms with van der Waals surface area (Å²) in [5.41, 5.74) is 2.31. The molecule has 1 saturated heterocycles. The van der Waals surface area contributed by atoms with Crippen molar-refractivity contribution in [1.29, 1.82) is 0 Å². The molecule has 3 heterocycles. The molecule has 2 aliphatic rings. The molecule has 1 fully saturated rings. The fourth-order valence-corrected chi connectivity index (χ4v) is 2.90. The van der Waals surface area contributed by atoms with E-state index in [-0.39, 0.29) is 12.8 Å². The van der Waals surface area contributed by atoms with Gasteiger partial charge in [-0.15, -0.1) is 0 Å². The van der Waals surface area contributed by atoms with Crippen LogP contribution in [0.15, 0.2) is 28.4 Å². The largest absolute Gasteiger partial charge is 0.388 e. The van der Waals surface area contributed by atoms with Crippen LogP contribution in [0.2, 0.25) is 0 Å². The van der Waals surface area contributed by atoms with Crippen molar-refractivity contribution in [1.82, 2.24) is 15.2 Å². The first-order valence-corrected chi connectivity index (χ1v) is 8.84. The van der Waals surface area contributed by atoms with E-state index in [4.69, 9.17) is 9.26 Å². The zero-order valence-corrected chi connectivity index (χ0v) is 14.6. The maximum absolute atomic E-state index is 11.1. The number of hydrogen-bond acceptors (Lipinski definition) is 7. The first kappa shape index (κ1) is 17.8. The number of carbonyl (C=O) groups excluding carboxylic acids is 1. The average Bonchev–Trinajstić information content (AvgIpc) is 2.99. The summed E-state index contributed by atoms with van der Waals surface area (Å²) >= 11 is 0. The monoisotopic (exact) mass is 347 g/mol. The molecule has 0 aromatic carbocycles. The number of ether oxygens (including phenoxy) is 1. The quantitative estimate of drug-likeness (QED) is 0.684. The zero-order valence-electron chi connectivity index (χ0n) is 14.6. The molecule has 3 rings (SSSR count). The van der Waals surface area contributed by atoms with E-state index >= 15 is 0 Å². The summed E-state index contributed by atoms with van der Waals surface area (Å²) in [5, 5.41) is 17.7. The van der Waals surface area contributed by atoms with Gasteiger partial charge in [-0.3, -0.25) is 9.80 Å². The normalized spacial score (nSPS) is 20.5. The molecule has 7 nitrogen and oxygen atoms in total. The number of allylic oxidation sites excluding steroid dienone is 2. The fraction of sp³-hybridized carbons (Fsp3) is 0.556. The summed E-state index contributed by atoms with van der Waals surface area (Å²) in [7, 11) is 0. The molecule has 136 valence electrons. The van der Waals surface area contributed by atoms with Crippen molar-refractivity contribution in [2.75, 3.05) is 13.1 Å². The third-order valence-electron chi connectivity index (χ3n) is 4.55. The van der Waals surface area contributed by atoms with Crippen LogP contribution in [0.25, 0.3) is 0 Å². The predicted molar refractivity (Wildman–Crippen MR) is 90.9 cm³/mol. The second kappa shape index (κ2) is 8.42. The van der Waals surface area contributed by atoms with Gasteiger partial charge < -0.3 is 14.4 Å². The van der Waals surface area contributed by atoms with Gasteiger partial charge in [-0.1, -0.05) is 18.5 Å². The van der Waals surface area contributed by atoms with Crippen LogP contribution in [0.3, 0.4) is 0 Å². The standard InChI is InChI=1S/C18H25N3O4/c1-2-3-5-16-15(17(12-23)25-19-16)13-24-18-7-6-14(11-22)10-21(18)20-8-4-9-20/h6-7,10-11,18,23H,2-5,8-9,12-13H2,1H3. The number of aromatic nitrogens is 1. The SMILES string of the molecule is CCCCc1noc(CO)c1COC1C=CC(C=O)=CN1N1CCC1. The summed E-state index contributed by atoms with van der Waals surface area (Å²) in [6.45, 7) is 4.14. The first-order chi connectivity index (χ1) is 12.3. The molecule has 1 aromatic heterocycles. The minimum Gasteiger partial charge on any atom is -0.388 e. The van der Waals surface area contributed by atoms with E-state index in [1.165, 1.54) is 0 Å². The van der Waals surface area contributed by atoms with Crippen molar-refractivity contribution < 1.29 is 19.2 Å². The molecule has 2 aliphatic heterocycles. The highest BCUT2D eigenvalue weighted by Crippen LogP contribution is 2.24. The molecular formula is C18H25N3O4. The van der Waals surface area contributed by atoms with E-state index in [0.717, 1.165) is 56.3 Å². The number of nitrogens with zero attached hydrogens (tertiary/aromatic N) is 3. The summed E-state index contributed by atoms with van der Waals surface area (Å²) in [6.07, 6.45) is 10.0. The average molecular weight is 347 g/mol. The van der Waals surface area contributed by atoms with Crippen molar-refractivity contribution in [3.05, 3.63) is 40.9 Å². The Morgan fingerprint density at radius 1 is 1.48 bits per heavy atom. The van der Waals surface area contributed by atoms with E-state index in [0.29, 0.717) is 17.9 Å². The lowest BCUT2D eigenvalue weighted by Crippen LogP contribution is -2.53. The molecule has 1 unspecified atom stereocenters. The van der Waals surface area contributed by atoms with E-state index in [1.54, 1.807) is 6.08 Å². The second-order valence-corrected chi connectivity index (χ2v) is 6.29. The van der Waals surface area contributed by atoms with Gasteiger partial charge in [0, 0.05) is 30.4 Å². The van der Waals surface area contributed by atoms with Crippen molar-refractivity contribution in [3.63, 3.8) is 0 Å². The Balaban J connectivity index is 1.69. The molecule has 0 spiro atoms. The Hall–Kier alpha value is -1.96. The number of unbranched alkanes of at least 4 members (excludes halogenated alkanes) is 1. The second-order valence-electron chi connectivity index (χ2n) is 6.29. The van der Waals surface area contributed by atoms with Gasteiger partial charge in [0.15, 0.2) is 18.3 Å². The van der Waals surface area contributed by atoms with Gasteiger partial charge in [0.1, 0.15) is 6.61 Å². The molecule has 1 atom stereocenters. The summed E-state index contributed by atoms with van der Waals surface area (Å²) in [5.74, 6) is 0.463. The van der Waals surface area contributed by atoms with Gasteiger partial charge in [-0.05, 0) is 31.4 Å². The Bertz CT molecular complexity index is 649. The topological polar surface area (TPSA) is 79.0 Å².